The molecule has 0 unspecified atom stereocenters. The van der Waals surface area contributed by atoms with Gasteiger partial charge in [-0.1, -0.05) is 12.8 Å². The van der Waals surface area contributed by atoms with Crippen LogP contribution in [0.3, 0.4) is 0 Å². The zero-order valence-electron chi connectivity index (χ0n) is 10.5. The highest BCUT2D eigenvalue weighted by Crippen LogP contribution is 2.30. The van der Waals surface area contributed by atoms with Gasteiger partial charge in [-0.2, -0.15) is 0 Å². The van der Waals surface area contributed by atoms with E-state index in [4.69, 9.17) is 4.74 Å². The fourth-order valence-corrected chi connectivity index (χ4v) is 2.70. The summed E-state index contributed by atoms with van der Waals surface area (Å²) < 4.78 is 5.22. The summed E-state index contributed by atoms with van der Waals surface area (Å²) in [6.45, 7) is 2.99. The molecule has 0 atom stereocenters. The van der Waals surface area contributed by atoms with Gasteiger partial charge in [-0.15, -0.1) is 0 Å². The average Bonchev–Trinajstić information content (AvgIpc) is 2.76. The second-order valence-corrected chi connectivity index (χ2v) is 5.17. The van der Waals surface area contributed by atoms with Crippen molar-refractivity contribution in [3.63, 3.8) is 0 Å². The Morgan fingerprint density at radius 3 is 2.53 bits per heavy atom. The van der Waals surface area contributed by atoms with E-state index in [1.165, 1.54) is 0 Å². The summed E-state index contributed by atoms with van der Waals surface area (Å²) in [4.78, 5) is 15.6. The standard InChI is InChI=1S/C12H22N2O3/c1-13(10-12(16)4-2-3-5-12)11(15)14-6-8-17-9-7-14/h16H,2-10H2,1H3. The molecule has 98 valence electrons. The Hall–Kier alpha value is -0.810. The van der Waals surface area contributed by atoms with Crippen LogP contribution in [0.2, 0.25) is 0 Å². The van der Waals surface area contributed by atoms with Crippen molar-refractivity contribution in [2.45, 2.75) is 31.3 Å². The normalized spacial score (nSPS) is 23.8. The van der Waals surface area contributed by atoms with E-state index in [1.807, 2.05) is 0 Å². The minimum atomic E-state index is -0.656. The van der Waals surface area contributed by atoms with Crippen LogP contribution in [-0.2, 0) is 4.74 Å². The summed E-state index contributed by atoms with van der Waals surface area (Å²) in [5, 5.41) is 10.3. The third kappa shape index (κ3) is 3.10. The molecule has 0 bridgehead atoms. The van der Waals surface area contributed by atoms with Crippen molar-refractivity contribution in [3.05, 3.63) is 0 Å². The molecule has 1 aliphatic carbocycles. The van der Waals surface area contributed by atoms with Gasteiger partial charge in [0.1, 0.15) is 0 Å². The van der Waals surface area contributed by atoms with Crippen molar-refractivity contribution in [2.24, 2.45) is 0 Å². The number of hydrogen-bond donors (Lipinski definition) is 1. The molecule has 0 aromatic heterocycles. The number of carbonyl (C=O) groups excluding carboxylic acids is 1. The van der Waals surface area contributed by atoms with Crippen LogP contribution in [0.5, 0.6) is 0 Å². The van der Waals surface area contributed by atoms with Gasteiger partial charge >= 0.3 is 6.03 Å². The van der Waals surface area contributed by atoms with Crippen LogP contribution in [0.1, 0.15) is 25.7 Å². The number of morpholine rings is 1. The maximum atomic E-state index is 12.1. The molecule has 5 nitrogen and oxygen atoms in total. The topological polar surface area (TPSA) is 53.0 Å². The van der Waals surface area contributed by atoms with Crippen molar-refractivity contribution in [3.8, 4) is 0 Å². The van der Waals surface area contributed by atoms with Gasteiger partial charge in [-0.05, 0) is 12.8 Å². The minimum absolute atomic E-state index is 0.00799. The van der Waals surface area contributed by atoms with Crippen LogP contribution in [0.4, 0.5) is 4.79 Å². The Bertz CT molecular complexity index is 271. The summed E-state index contributed by atoms with van der Waals surface area (Å²) >= 11 is 0. The van der Waals surface area contributed by atoms with Gasteiger partial charge in [0, 0.05) is 20.1 Å². The molecule has 0 aromatic rings. The Kier molecular flexibility index (Phi) is 3.89. The summed E-state index contributed by atoms with van der Waals surface area (Å²) in [6, 6.07) is 0.00799. The van der Waals surface area contributed by atoms with Crippen LogP contribution in [0, 0.1) is 0 Å². The third-order valence-corrected chi connectivity index (χ3v) is 3.67. The van der Waals surface area contributed by atoms with E-state index in [0.717, 1.165) is 25.7 Å². The number of carbonyl (C=O) groups is 1. The average molecular weight is 242 g/mol. The first-order valence-corrected chi connectivity index (χ1v) is 6.41. The smallest absolute Gasteiger partial charge is 0.319 e. The number of urea groups is 1. The molecule has 1 heterocycles. The van der Waals surface area contributed by atoms with E-state index in [2.05, 4.69) is 0 Å². The second kappa shape index (κ2) is 5.23. The fourth-order valence-electron chi connectivity index (χ4n) is 2.70. The van der Waals surface area contributed by atoms with E-state index in [1.54, 1.807) is 16.8 Å². The molecule has 2 fully saturated rings. The van der Waals surface area contributed by atoms with Gasteiger partial charge < -0.3 is 19.6 Å². The van der Waals surface area contributed by atoms with Gasteiger partial charge in [0.05, 0.1) is 25.4 Å². The van der Waals surface area contributed by atoms with Gasteiger partial charge in [0.2, 0.25) is 0 Å². The number of amides is 2. The number of ether oxygens (including phenoxy) is 1. The lowest BCUT2D eigenvalue weighted by Gasteiger charge is -2.34. The third-order valence-electron chi connectivity index (χ3n) is 3.67. The maximum Gasteiger partial charge on any atom is 0.319 e. The molecule has 0 spiro atoms. The predicted octanol–water partition coefficient (Wildman–Crippen LogP) is 0.675. The summed E-state index contributed by atoms with van der Waals surface area (Å²) in [6.07, 6.45) is 3.76. The zero-order chi connectivity index (χ0) is 12.3. The Labute approximate surface area is 102 Å². The lowest BCUT2D eigenvalue weighted by Crippen LogP contribution is -2.50. The van der Waals surface area contributed by atoms with E-state index < -0.39 is 5.60 Å². The largest absolute Gasteiger partial charge is 0.388 e. The lowest BCUT2D eigenvalue weighted by atomic mass is 10.0. The molecule has 17 heavy (non-hydrogen) atoms. The van der Waals surface area contributed by atoms with Crippen molar-refractivity contribution in [1.82, 2.24) is 9.80 Å². The molecule has 1 saturated heterocycles. The van der Waals surface area contributed by atoms with Crippen LogP contribution in [0.15, 0.2) is 0 Å². The first-order valence-electron chi connectivity index (χ1n) is 6.41. The number of hydrogen-bond acceptors (Lipinski definition) is 3. The highest BCUT2D eigenvalue weighted by Gasteiger charge is 2.34. The van der Waals surface area contributed by atoms with Crippen LogP contribution >= 0.6 is 0 Å². The molecule has 2 amide bonds. The molecule has 1 aliphatic heterocycles. The van der Waals surface area contributed by atoms with Crippen molar-refractivity contribution < 1.29 is 14.6 Å². The monoisotopic (exact) mass is 242 g/mol. The highest BCUT2D eigenvalue weighted by atomic mass is 16.5. The first-order chi connectivity index (χ1) is 8.11. The van der Waals surface area contributed by atoms with Gasteiger partial charge in [-0.25, -0.2) is 4.79 Å². The second-order valence-electron chi connectivity index (χ2n) is 5.17. The molecule has 1 saturated carbocycles. The number of nitrogens with zero attached hydrogens (tertiary/aromatic N) is 2. The Morgan fingerprint density at radius 1 is 1.35 bits per heavy atom. The SMILES string of the molecule is CN(CC1(O)CCCC1)C(=O)N1CCOCC1. The van der Waals surface area contributed by atoms with Gasteiger partial charge in [0.15, 0.2) is 0 Å². The Morgan fingerprint density at radius 2 is 1.94 bits per heavy atom. The summed E-state index contributed by atoms with van der Waals surface area (Å²) in [7, 11) is 1.77. The minimum Gasteiger partial charge on any atom is -0.388 e. The molecule has 1 N–H and O–H groups in total. The first kappa shape index (κ1) is 12.6. The van der Waals surface area contributed by atoms with E-state index >= 15 is 0 Å². The van der Waals surface area contributed by atoms with E-state index in [-0.39, 0.29) is 6.03 Å². The number of aliphatic hydroxyl groups is 1. The lowest BCUT2D eigenvalue weighted by molar-refractivity contribution is 0.0105. The van der Waals surface area contributed by atoms with Crippen LogP contribution in [0.25, 0.3) is 0 Å². The molecule has 2 aliphatic rings. The summed E-state index contributed by atoms with van der Waals surface area (Å²) in [5.41, 5.74) is -0.656. The molecule has 2 rings (SSSR count). The highest BCUT2D eigenvalue weighted by molar-refractivity contribution is 5.74. The number of rotatable bonds is 2. The predicted molar refractivity (Wildman–Crippen MR) is 63.8 cm³/mol. The number of likely N-dealkylation sites (N-methyl/N-ethyl adjacent to an activating group) is 1. The Balaban J connectivity index is 1.85. The fraction of sp³-hybridized carbons (Fsp3) is 0.917. The van der Waals surface area contributed by atoms with Gasteiger partial charge in [0.25, 0.3) is 0 Å². The quantitative estimate of drug-likeness (QED) is 0.774. The summed E-state index contributed by atoms with van der Waals surface area (Å²) in [5.74, 6) is 0. The molecule has 0 aromatic carbocycles. The van der Waals surface area contributed by atoms with E-state index in [0.29, 0.717) is 32.8 Å². The maximum absolute atomic E-state index is 12.1. The van der Waals surface area contributed by atoms with Crippen LogP contribution < -0.4 is 0 Å². The zero-order valence-corrected chi connectivity index (χ0v) is 10.5. The molecule has 0 radical (unpaired) electrons. The van der Waals surface area contributed by atoms with Gasteiger partial charge in [-0.3, -0.25) is 0 Å². The van der Waals surface area contributed by atoms with Crippen molar-refractivity contribution in [1.29, 1.82) is 0 Å². The molecule has 5 heteroatoms. The van der Waals surface area contributed by atoms with Crippen molar-refractivity contribution >= 4 is 6.03 Å². The molecular weight excluding hydrogens is 220 g/mol. The molecular formula is C12H22N2O3. The van der Waals surface area contributed by atoms with E-state index in [9.17, 15) is 9.90 Å². The van der Waals surface area contributed by atoms with Crippen LogP contribution in [-0.4, -0.2) is 66.4 Å². The van der Waals surface area contributed by atoms with Crippen molar-refractivity contribution in [2.75, 3.05) is 39.9 Å².